The Labute approximate surface area is 137 Å². The topological polar surface area (TPSA) is 12.9 Å². The second-order valence-corrected chi connectivity index (χ2v) is 6.52. The van der Waals surface area contributed by atoms with E-state index in [0.717, 1.165) is 5.69 Å². The monoisotopic (exact) mass is 421 g/mol. The molecule has 2 atom stereocenters. The first kappa shape index (κ1) is 16.5. The lowest BCUT2D eigenvalue weighted by molar-refractivity contribution is -0.138. The van der Waals surface area contributed by atoms with E-state index in [9.17, 15) is 13.2 Å². The van der Waals surface area contributed by atoms with Gasteiger partial charge < -0.3 is 0 Å². The van der Waals surface area contributed by atoms with Crippen LogP contribution in [0, 0.1) is 0 Å². The van der Waals surface area contributed by atoms with Gasteiger partial charge in [-0.25, -0.2) is 0 Å². The summed E-state index contributed by atoms with van der Waals surface area (Å²) < 4.78 is 38.9. The Morgan fingerprint density at radius 1 is 1.14 bits per heavy atom. The van der Waals surface area contributed by atoms with Gasteiger partial charge in [0.05, 0.1) is 5.56 Å². The summed E-state index contributed by atoms with van der Waals surface area (Å²) in [6.45, 7) is 1.93. The van der Waals surface area contributed by atoms with Crippen molar-refractivity contribution in [2.24, 2.45) is 0 Å². The van der Waals surface area contributed by atoms with Gasteiger partial charge in [-0.3, -0.25) is 4.98 Å². The first-order valence-electron chi connectivity index (χ1n) is 6.22. The summed E-state index contributed by atoms with van der Waals surface area (Å²) in [5.74, 6) is -0.0477. The van der Waals surface area contributed by atoms with Gasteiger partial charge in [0, 0.05) is 27.1 Å². The number of alkyl halides is 4. The molecule has 112 valence electrons. The Bertz CT molecular complexity index is 614. The zero-order valence-electron chi connectivity index (χ0n) is 11.0. The van der Waals surface area contributed by atoms with Gasteiger partial charge in [0.25, 0.3) is 0 Å². The van der Waals surface area contributed by atoms with Crippen LogP contribution in [0.2, 0.25) is 0 Å². The van der Waals surface area contributed by atoms with E-state index in [0.29, 0.717) is 5.56 Å². The predicted octanol–water partition coefficient (Wildman–Crippen LogP) is 6.10. The molecule has 2 rings (SSSR count). The minimum atomic E-state index is -4.38. The molecule has 0 aliphatic heterocycles. The van der Waals surface area contributed by atoms with E-state index in [1.54, 1.807) is 18.3 Å². The number of rotatable bonds is 3. The maximum Gasteiger partial charge on any atom is 0.417 e. The third-order valence-corrected chi connectivity index (χ3v) is 5.22. The van der Waals surface area contributed by atoms with Crippen LogP contribution >= 0.6 is 31.9 Å². The van der Waals surface area contributed by atoms with Crippen LogP contribution in [-0.2, 0) is 6.18 Å². The highest BCUT2D eigenvalue weighted by Crippen LogP contribution is 2.41. The molecule has 0 saturated carbocycles. The fraction of sp³-hybridized carbons (Fsp3) is 0.267. The second-order valence-electron chi connectivity index (χ2n) is 4.68. The third kappa shape index (κ3) is 3.86. The molecule has 0 aliphatic rings. The van der Waals surface area contributed by atoms with E-state index < -0.39 is 11.7 Å². The van der Waals surface area contributed by atoms with Gasteiger partial charge in [-0.05, 0) is 29.8 Å². The Morgan fingerprint density at radius 3 is 2.43 bits per heavy atom. The number of benzene rings is 1. The smallest absolute Gasteiger partial charge is 0.261 e. The van der Waals surface area contributed by atoms with E-state index in [1.165, 1.54) is 12.1 Å². The minimum Gasteiger partial charge on any atom is -0.261 e. The van der Waals surface area contributed by atoms with Crippen molar-refractivity contribution < 1.29 is 13.2 Å². The van der Waals surface area contributed by atoms with Gasteiger partial charge in [-0.2, -0.15) is 13.2 Å². The molecule has 0 spiro atoms. The van der Waals surface area contributed by atoms with Gasteiger partial charge in [0.1, 0.15) is 0 Å². The van der Waals surface area contributed by atoms with Crippen molar-refractivity contribution in [3.05, 3.63) is 63.9 Å². The summed E-state index contributed by atoms with van der Waals surface area (Å²) in [5, 5.41) is 0. The molecule has 6 heteroatoms. The van der Waals surface area contributed by atoms with Crippen LogP contribution < -0.4 is 0 Å². The molecule has 21 heavy (non-hydrogen) atoms. The molecule has 0 aliphatic carbocycles. The highest BCUT2D eigenvalue weighted by molar-refractivity contribution is 9.10. The summed E-state index contributed by atoms with van der Waals surface area (Å²) in [6.07, 6.45) is -2.70. The van der Waals surface area contributed by atoms with Crippen LogP contribution in [-0.4, -0.2) is 4.98 Å². The van der Waals surface area contributed by atoms with Gasteiger partial charge in [0.2, 0.25) is 0 Å². The van der Waals surface area contributed by atoms with Crippen molar-refractivity contribution in [2.45, 2.75) is 23.8 Å². The van der Waals surface area contributed by atoms with Crippen LogP contribution in [0.1, 0.15) is 34.5 Å². The molecule has 1 heterocycles. The third-order valence-electron chi connectivity index (χ3n) is 3.21. The number of aromatic nitrogens is 1. The fourth-order valence-electron chi connectivity index (χ4n) is 2.02. The van der Waals surface area contributed by atoms with Crippen molar-refractivity contribution in [1.29, 1.82) is 0 Å². The highest BCUT2D eigenvalue weighted by atomic mass is 79.9. The summed E-state index contributed by atoms with van der Waals surface area (Å²) in [6, 6.07) is 9.81. The molecular formula is C15H12Br2F3N. The van der Waals surface area contributed by atoms with E-state index >= 15 is 0 Å². The Balaban J connectivity index is 2.34. The lowest BCUT2D eigenvalue weighted by atomic mass is 9.96. The lowest BCUT2D eigenvalue weighted by Gasteiger charge is -2.20. The molecular weight excluding hydrogens is 411 g/mol. The van der Waals surface area contributed by atoms with Crippen LogP contribution in [0.25, 0.3) is 0 Å². The van der Waals surface area contributed by atoms with E-state index in [-0.39, 0.29) is 15.2 Å². The molecule has 1 aromatic heterocycles. The van der Waals surface area contributed by atoms with Gasteiger partial charge in [-0.1, -0.05) is 50.9 Å². The lowest BCUT2D eigenvalue weighted by Crippen LogP contribution is -2.09. The standard InChI is InChI=1S/C15H12Br2F3N/c1-9(13-4-2-3-7-21-13)14(17)10-5-6-12(16)11(8-10)15(18,19)20/h2-9,14H,1H3. The molecule has 2 aromatic rings. The molecule has 0 fully saturated rings. The SMILES string of the molecule is CC(c1ccccn1)C(Br)c1ccc(Br)c(C(F)(F)F)c1. The summed E-state index contributed by atoms with van der Waals surface area (Å²) in [4.78, 5) is 4.00. The Hall–Kier alpha value is -0.880. The van der Waals surface area contributed by atoms with Crippen LogP contribution in [0.4, 0.5) is 13.2 Å². The van der Waals surface area contributed by atoms with Crippen LogP contribution in [0.5, 0.6) is 0 Å². The molecule has 1 nitrogen and oxygen atoms in total. The van der Waals surface area contributed by atoms with Crippen molar-refractivity contribution in [2.75, 3.05) is 0 Å². The van der Waals surface area contributed by atoms with Gasteiger partial charge in [-0.15, -0.1) is 0 Å². The quantitative estimate of drug-likeness (QED) is 0.544. The summed E-state index contributed by atoms with van der Waals surface area (Å²) in [7, 11) is 0. The second kappa shape index (κ2) is 6.48. The fourth-order valence-corrected chi connectivity index (χ4v) is 3.04. The van der Waals surface area contributed by atoms with Crippen molar-refractivity contribution in [3.63, 3.8) is 0 Å². The maximum atomic E-state index is 13.0. The van der Waals surface area contributed by atoms with Crippen LogP contribution in [0.15, 0.2) is 47.1 Å². The van der Waals surface area contributed by atoms with Crippen molar-refractivity contribution >= 4 is 31.9 Å². The van der Waals surface area contributed by atoms with Crippen molar-refractivity contribution in [1.82, 2.24) is 4.98 Å². The first-order chi connectivity index (χ1) is 9.80. The summed E-state index contributed by atoms with van der Waals surface area (Å²) in [5.41, 5.74) is 0.734. The molecule has 0 bridgehead atoms. The Kier molecular flexibility index (Phi) is 5.09. The number of pyridine rings is 1. The first-order valence-corrected chi connectivity index (χ1v) is 7.93. The molecule has 2 unspecified atom stereocenters. The van der Waals surface area contributed by atoms with E-state index in [4.69, 9.17) is 0 Å². The largest absolute Gasteiger partial charge is 0.417 e. The number of hydrogen-bond donors (Lipinski definition) is 0. The molecule has 0 N–H and O–H groups in total. The number of hydrogen-bond acceptors (Lipinski definition) is 1. The maximum absolute atomic E-state index is 13.0. The molecule has 0 saturated heterocycles. The van der Waals surface area contributed by atoms with Crippen LogP contribution in [0.3, 0.4) is 0 Å². The van der Waals surface area contributed by atoms with Crippen molar-refractivity contribution in [3.8, 4) is 0 Å². The highest BCUT2D eigenvalue weighted by Gasteiger charge is 2.34. The molecule has 0 amide bonds. The normalized spacial score (nSPS) is 14.8. The Morgan fingerprint density at radius 2 is 1.86 bits per heavy atom. The van der Waals surface area contributed by atoms with E-state index in [2.05, 4.69) is 36.8 Å². The van der Waals surface area contributed by atoms with E-state index in [1.807, 2.05) is 19.1 Å². The predicted molar refractivity (Wildman–Crippen MR) is 83.5 cm³/mol. The molecule has 1 aromatic carbocycles. The van der Waals surface area contributed by atoms with Gasteiger partial charge >= 0.3 is 6.18 Å². The number of nitrogens with zero attached hydrogens (tertiary/aromatic N) is 1. The van der Waals surface area contributed by atoms with Gasteiger partial charge in [0.15, 0.2) is 0 Å². The average molecular weight is 423 g/mol. The summed E-state index contributed by atoms with van der Waals surface area (Å²) >= 11 is 6.44. The zero-order valence-corrected chi connectivity index (χ0v) is 14.2. The number of halogens is 5. The average Bonchev–Trinajstić information content (AvgIpc) is 2.46. The zero-order chi connectivity index (χ0) is 15.6. The molecule has 0 radical (unpaired) electrons. The minimum absolute atomic E-state index is 0.0453.